The average Bonchev–Trinajstić information content (AvgIpc) is 3.04. The fourth-order valence-electron chi connectivity index (χ4n) is 2.15. The van der Waals surface area contributed by atoms with Crippen LogP contribution in [0.1, 0.15) is 55.6 Å². The SMILES string of the molecule is CCCNC(C)c1nnc(CCC2CCCO2)s1. The van der Waals surface area contributed by atoms with Gasteiger partial charge in [-0.3, -0.25) is 0 Å². The highest BCUT2D eigenvalue weighted by Gasteiger charge is 2.17. The molecule has 2 heterocycles. The maximum absolute atomic E-state index is 5.63. The van der Waals surface area contributed by atoms with Gasteiger partial charge in [0.05, 0.1) is 12.1 Å². The first-order valence-corrected chi connectivity index (χ1v) is 7.78. The summed E-state index contributed by atoms with van der Waals surface area (Å²) < 4.78 is 5.63. The van der Waals surface area contributed by atoms with Gasteiger partial charge in [-0.25, -0.2) is 0 Å². The number of hydrogen-bond donors (Lipinski definition) is 1. The molecule has 1 fully saturated rings. The van der Waals surface area contributed by atoms with Crippen molar-refractivity contribution in [2.24, 2.45) is 0 Å². The quantitative estimate of drug-likeness (QED) is 0.827. The van der Waals surface area contributed by atoms with Crippen molar-refractivity contribution in [2.45, 2.75) is 58.1 Å². The Bertz CT molecular complexity index is 350. The predicted octanol–water partition coefficient (Wildman–Crippen LogP) is 2.71. The molecule has 1 saturated heterocycles. The highest BCUT2D eigenvalue weighted by Crippen LogP contribution is 2.22. The van der Waals surface area contributed by atoms with Gasteiger partial charge in [-0.15, -0.1) is 10.2 Å². The number of ether oxygens (including phenoxy) is 1. The summed E-state index contributed by atoms with van der Waals surface area (Å²) in [5.74, 6) is 0. The van der Waals surface area contributed by atoms with Crippen LogP contribution in [0.4, 0.5) is 0 Å². The van der Waals surface area contributed by atoms with E-state index in [2.05, 4.69) is 29.4 Å². The fraction of sp³-hybridized carbons (Fsp3) is 0.846. The minimum absolute atomic E-state index is 0.318. The van der Waals surface area contributed by atoms with E-state index in [0.717, 1.165) is 42.4 Å². The summed E-state index contributed by atoms with van der Waals surface area (Å²) in [4.78, 5) is 0. The minimum atomic E-state index is 0.318. The van der Waals surface area contributed by atoms with Crippen LogP contribution in [-0.2, 0) is 11.2 Å². The van der Waals surface area contributed by atoms with Gasteiger partial charge in [-0.05, 0) is 39.2 Å². The van der Waals surface area contributed by atoms with Gasteiger partial charge in [0, 0.05) is 13.0 Å². The van der Waals surface area contributed by atoms with Crippen LogP contribution >= 0.6 is 11.3 Å². The molecule has 0 saturated carbocycles. The van der Waals surface area contributed by atoms with E-state index in [1.807, 2.05) is 0 Å². The van der Waals surface area contributed by atoms with Crippen molar-refractivity contribution >= 4 is 11.3 Å². The molecule has 0 bridgehead atoms. The molecular formula is C13H23N3OS. The number of nitrogens with one attached hydrogen (secondary N) is 1. The Labute approximate surface area is 113 Å². The second-order valence-corrected chi connectivity index (χ2v) is 5.98. The highest BCUT2D eigenvalue weighted by atomic mass is 32.1. The minimum Gasteiger partial charge on any atom is -0.378 e. The van der Waals surface area contributed by atoms with Crippen molar-refractivity contribution in [2.75, 3.05) is 13.2 Å². The fourth-order valence-corrected chi connectivity index (χ4v) is 3.03. The Morgan fingerprint density at radius 3 is 3.11 bits per heavy atom. The highest BCUT2D eigenvalue weighted by molar-refractivity contribution is 7.11. The lowest BCUT2D eigenvalue weighted by Gasteiger charge is -2.08. The summed E-state index contributed by atoms with van der Waals surface area (Å²) in [6.45, 7) is 6.29. The lowest BCUT2D eigenvalue weighted by atomic mass is 10.1. The molecule has 102 valence electrons. The van der Waals surface area contributed by atoms with E-state index in [9.17, 15) is 0 Å². The maximum atomic E-state index is 5.63. The van der Waals surface area contributed by atoms with Gasteiger partial charge in [-0.2, -0.15) is 0 Å². The molecule has 2 atom stereocenters. The van der Waals surface area contributed by atoms with Gasteiger partial charge in [-0.1, -0.05) is 18.3 Å². The Morgan fingerprint density at radius 1 is 1.50 bits per heavy atom. The molecule has 18 heavy (non-hydrogen) atoms. The summed E-state index contributed by atoms with van der Waals surface area (Å²) in [6.07, 6.45) is 6.11. The van der Waals surface area contributed by atoms with E-state index in [0.29, 0.717) is 12.1 Å². The third-order valence-corrected chi connectivity index (χ3v) is 4.42. The third kappa shape index (κ3) is 4.00. The molecule has 0 aromatic carbocycles. The van der Waals surface area contributed by atoms with Crippen LogP contribution in [0.3, 0.4) is 0 Å². The zero-order chi connectivity index (χ0) is 12.8. The van der Waals surface area contributed by atoms with E-state index in [4.69, 9.17) is 4.74 Å². The average molecular weight is 269 g/mol. The molecule has 1 N–H and O–H groups in total. The molecule has 0 spiro atoms. The maximum Gasteiger partial charge on any atom is 0.134 e. The molecule has 0 amide bonds. The monoisotopic (exact) mass is 269 g/mol. The van der Waals surface area contributed by atoms with Gasteiger partial charge < -0.3 is 10.1 Å². The molecule has 5 heteroatoms. The lowest BCUT2D eigenvalue weighted by Crippen LogP contribution is -2.19. The standard InChI is InChI=1S/C13H23N3OS/c1-3-8-14-10(2)13-16-15-12(18-13)7-6-11-5-4-9-17-11/h10-11,14H,3-9H2,1-2H3. The zero-order valence-corrected chi connectivity index (χ0v) is 12.1. The van der Waals surface area contributed by atoms with E-state index in [1.54, 1.807) is 11.3 Å². The van der Waals surface area contributed by atoms with Crippen molar-refractivity contribution in [3.8, 4) is 0 Å². The van der Waals surface area contributed by atoms with Crippen molar-refractivity contribution in [3.63, 3.8) is 0 Å². The van der Waals surface area contributed by atoms with Crippen molar-refractivity contribution in [1.29, 1.82) is 0 Å². The van der Waals surface area contributed by atoms with Crippen molar-refractivity contribution in [1.82, 2.24) is 15.5 Å². The van der Waals surface area contributed by atoms with E-state index in [-0.39, 0.29) is 0 Å². The number of nitrogens with zero attached hydrogens (tertiary/aromatic N) is 2. The first-order valence-electron chi connectivity index (χ1n) is 6.97. The Morgan fingerprint density at radius 2 is 2.39 bits per heavy atom. The molecule has 4 nitrogen and oxygen atoms in total. The van der Waals surface area contributed by atoms with E-state index >= 15 is 0 Å². The van der Waals surface area contributed by atoms with Crippen LogP contribution in [0.25, 0.3) is 0 Å². The molecule has 1 aromatic heterocycles. The van der Waals surface area contributed by atoms with Gasteiger partial charge in [0.15, 0.2) is 0 Å². The molecule has 2 rings (SSSR count). The molecule has 0 aliphatic carbocycles. The summed E-state index contributed by atoms with van der Waals surface area (Å²) >= 11 is 1.73. The van der Waals surface area contributed by atoms with Crippen molar-refractivity contribution < 1.29 is 4.74 Å². The van der Waals surface area contributed by atoms with Gasteiger partial charge in [0.25, 0.3) is 0 Å². The summed E-state index contributed by atoms with van der Waals surface area (Å²) in [6, 6.07) is 0.318. The van der Waals surface area contributed by atoms with Crippen LogP contribution in [0, 0.1) is 0 Å². The van der Waals surface area contributed by atoms with Crippen LogP contribution in [-0.4, -0.2) is 29.5 Å². The summed E-state index contributed by atoms with van der Waals surface area (Å²) in [5, 5.41) is 14.2. The third-order valence-electron chi connectivity index (χ3n) is 3.26. The number of aryl methyl sites for hydroxylation is 1. The Balaban J connectivity index is 1.77. The molecule has 2 unspecified atom stereocenters. The molecule has 0 radical (unpaired) electrons. The molecule has 1 aliphatic rings. The first kappa shape index (κ1) is 13.9. The van der Waals surface area contributed by atoms with Gasteiger partial charge >= 0.3 is 0 Å². The van der Waals surface area contributed by atoms with Gasteiger partial charge in [0.2, 0.25) is 0 Å². The van der Waals surface area contributed by atoms with E-state index < -0.39 is 0 Å². The molecular weight excluding hydrogens is 246 g/mol. The lowest BCUT2D eigenvalue weighted by molar-refractivity contribution is 0.104. The second-order valence-electron chi connectivity index (χ2n) is 4.88. The second kappa shape index (κ2) is 7.16. The summed E-state index contributed by atoms with van der Waals surface area (Å²) in [5.41, 5.74) is 0. The van der Waals surface area contributed by atoms with Crippen LogP contribution in [0.5, 0.6) is 0 Å². The van der Waals surface area contributed by atoms with Crippen LogP contribution in [0.15, 0.2) is 0 Å². The number of hydrogen-bond acceptors (Lipinski definition) is 5. The topological polar surface area (TPSA) is 47.0 Å². The van der Waals surface area contributed by atoms with Gasteiger partial charge in [0.1, 0.15) is 10.0 Å². The normalized spacial score (nSPS) is 21.3. The molecule has 1 aromatic rings. The summed E-state index contributed by atoms with van der Waals surface area (Å²) in [7, 11) is 0. The van der Waals surface area contributed by atoms with Crippen LogP contribution < -0.4 is 5.32 Å². The zero-order valence-electron chi connectivity index (χ0n) is 11.3. The number of aromatic nitrogens is 2. The predicted molar refractivity (Wildman–Crippen MR) is 73.9 cm³/mol. The molecule has 1 aliphatic heterocycles. The van der Waals surface area contributed by atoms with Crippen molar-refractivity contribution in [3.05, 3.63) is 10.0 Å². The Kier molecular flexibility index (Phi) is 5.53. The van der Waals surface area contributed by atoms with E-state index in [1.165, 1.54) is 12.8 Å². The first-order chi connectivity index (χ1) is 8.79. The smallest absolute Gasteiger partial charge is 0.134 e. The van der Waals surface area contributed by atoms with Crippen LogP contribution in [0.2, 0.25) is 0 Å². The number of rotatable bonds is 7. The Hall–Kier alpha value is -0.520. The largest absolute Gasteiger partial charge is 0.378 e.